The molecule has 0 bridgehead atoms. The highest BCUT2D eigenvalue weighted by molar-refractivity contribution is 7.18. The Morgan fingerprint density at radius 2 is 2.04 bits per heavy atom. The Labute approximate surface area is 146 Å². The molecule has 130 valence electrons. The normalized spacial score (nSPS) is 11.1. The van der Waals surface area contributed by atoms with Crippen LogP contribution in [0.1, 0.15) is 23.2 Å². The average molecular weight is 361 g/mol. The van der Waals surface area contributed by atoms with Crippen molar-refractivity contribution >= 4 is 27.2 Å². The van der Waals surface area contributed by atoms with Gasteiger partial charge in [0, 0.05) is 23.4 Å². The van der Waals surface area contributed by atoms with Crippen molar-refractivity contribution in [2.24, 2.45) is 0 Å². The minimum Gasteiger partial charge on any atom is -0.293 e. The Morgan fingerprint density at radius 3 is 2.64 bits per heavy atom. The van der Waals surface area contributed by atoms with Crippen molar-refractivity contribution in [3.8, 4) is 0 Å². The van der Waals surface area contributed by atoms with Crippen LogP contribution in [0.15, 0.2) is 35.1 Å². The zero-order valence-corrected chi connectivity index (χ0v) is 14.4. The summed E-state index contributed by atoms with van der Waals surface area (Å²) in [6, 6.07) is 7.89. The highest BCUT2D eigenvalue weighted by atomic mass is 32.1. The number of aryl methyl sites for hydroxylation is 1. The predicted octanol–water partition coefficient (Wildman–Crippen LogP) is 3.49. The smallest absolute Gasteiger partial charge is 0.269 e. The van der Waals surface area contributed by atoms with Crippen LogP contribution >= 0.6 is 11.3 Å². The third-order valence-corrected chi connectivity index (χ3v) is 5.12. The van der Waals surface area contributed by atoms with Gasteiger partial charge in [-0.25, -0.2) is 9.37 Å². The molecule has 8 heteroatoms. The summed E-state index contributed by atoms with van der Waals surface area (Å²) in [4.78, 5) is 29.2. The summed E-state index contributed by atoms with van der Waals surface area (Å²) >= 11 is 1.46. The van der Waals surface area contributed by atoms with Gasteiger partial charge in [0.05, 0.1) is 16.9 Å². The lowest BCUT2D eigenvalue weighted by Crippen LogP contribution is -2.26. The number of thiophene rings is 1. The molecule has 1 aromatic carbocycles. The van der Waals surface area contributed by atoms with Gasteiger partial charge in [-0.15, -0.1) is 11.3 Å². The maximum atomic E-state index is 12.9. The molecule has 0 saturated heterocycles. The molecule has 0 atom stereocenters. The number of alkyl halides is 1. The molecule has 0 N–H and O–H groups in total. The molecule has 0 aliphatic heterocycles. The van der Waals surface area contributed by atoms with E-state index in [2.05, 4.69) is 4.98 Å². The van der Waals surface area contributed by atoms with Crippen LogP contribution in [0.5, 0.6) is 0 Å². The highest BCUT2D eigenvalue weighted by Gasteiger charge is 2.14. The minimum atomic E-state index is -0.662. The molecule has 0 unspecified atom stereocenters. The number of non-ortho nitro benzene ring substituents is 1. The molecule has 3 rings (SSSR count). The first-order valence-electron chi connectivity index (χ1n) is 7.85. The van der Waals surface area contributed by atoms with Gasteiger partial charge >= 0.3 is 0 Å². The molecule has 0 saturated carbocycles. The van der Waals surface area contributed by atoms with E-state index in [0.29, 0.717) is 22.5 Å². The second-order valence-electron chi connectivity index (χ2n) is 5.56. The van der Waals surface area contributed by atoms with Crippen LogP contribution in [0.3, 0.4) is 0 Å². The number of hydrogen-bond donors (Lipinski definition) is 0. The van der Waals surface area contributed by atoms with E-state index in [0.717, 1.165) is 16.9 Å². The Bertz CT molecular complexity index is 979. The van der Waals surface area contributed by atoms with Gasteiger partial charge in [-0.1, -0.05) is 19.1 Å². The number of nitro benzene ring substituents is 1. The third-order valence-electron chi connectivity index (χ3n) is 3.95. The number of fused-ring (bicyclic) bond motifs is 1. The molecular formula is C17H16FN3O3S. The zero-order chi connectivity index (χ0) is 18.0. The van der Waals surface area contributed by atoms with Crippen molar-refractivity contribution in [2.45, 2.75) is 26.3 Å². The van der Waals surface area contributed by atoms with Gasteiger partial charge in [-0.2, -0.15) is 0 Å². The summed E-state index contributed by atoms with van der Waals surface area (Å²) < 4.78 is 14.3. The standard InChI is InChI=1S/C17H16FN3O3S/c1-2-13-10-14-16(25-13)19-15(20(8-7-18)17(14)22)9-11-3-5-12(6-4-11)21(23)24/h3-6,10H,2,7-9H2,1H3. The monoisotopic (exact) mass is 361 g/mol. The fraction of sp³-hybridized carbons (Fsp3) is 0.294. The third kappa shape index (κ3) is 3.43. The molecule has 25 heavy (non-hydrogen) atoms. The Morgan fingerprint density at radius 1 is 1.32 bits per heavy atom. The second kappa shape index (κ2) is 7.10. The van der Waals surface area contributed by atoms with E-state index in [1.54, 1.807) is 12.1 Å². The predicted molar refractivity (Wildman–Crippen MR) is 95.1 cm³/mol. The van der Waals surface area contributed by atoms with Gasteiger partial charge < -0.3 is 0 Å². The lowest BCUT2D eigenvalue weighted by molar-refractivity contribution is -0.384. The van der Waals surface area contributed by atoms with Crippen molar-refractivity contribution < 1.29 is 9.31 Å². The first-order valence-corrected chi connectivity index (χ1v) is 8.66. The SMILES string of the molecule is CCc1cc2c(=O)n(CCF)c(Cc3ccc([N+](=O)[O-])cc3)nc2s1. The van der Waals surface area contributed by atoms with Gasteiger partial charge in [0.1, 0.15) is 17.3 Å². The summed E-state index contributed by atoms with van der Waals surface area (Å²) in [6.45, 7) is 1.29. The van der Waals surface area contributed by atoms with Crippen LogP contribution in [-0.4, -0.2) is 21.1 Å². The number of nitro groups is 1. The van der Waals surface area contributed by atoms with Gasteiger partial charge in [-0.05, 0) is 18.1 Å². The van der Waals surface area contributed by atoms with Gasteiger partial charge in [0.25, 0.3) is 11.2 Å². The van der Waals surface area contributed by atoms with Crippen molar-refractivity contribution in [1.29, 1.82) is 0 Å². The summed E-state index contributed by atoms with van der Waals surface area (Å²) in [6.07, 6.45) is 1.11. The molecule has 0 amide bonds. The average Bonchev–Trinajstić information content (AvgIpc) is 3.02. The second-order valence-corrected chi connectivity index (χ2v) is 6.67. The summed E-state index contributed by atoms with van der Waals surface area (Å²) in [5.41, 5.74) is 0.534. The lowest BCUT2D eigenvalue weighted by Gasteiger charge is -2.10. The van der Waals surface area contributed by atoms with Gasteiger partial charge in [-0.3, -0.25) is 19.5 Å². The number of rotatable bonds is 6. The van der Waals surface area contributed by atoms with Crippen LogP contribution in [-0.2, 0) is 19.4 Å². The zero-order valence-electron chi connectivity index (χ0n) is 13.6. The van der Waals surface area contributed by atoms with Crippen LogP contribution in [0.25, 0.3) is 10.2 Å². The van der Waals surface area contributed by atoms with E-state index in [9.17, 15) is 19.3 Å². The van der Waals surface area contributed by atoms with E-state index >= 15 is 0 Å². The number of benzene rings is 1. The van der Waals surface area contributed by atoms with Crippen LogP contribution in [0.2, 0.25) is 0 Å². The maximum absolute atomic E-state index is 12.9. The van der Waals surface area contributed by atoms with Crippen molar-refractivity contribution in [2.75, 3.05) is 6.67 Å². The number of hydrogen-bond acceptors (Lipinski definition) is 5. The molecular weight excluding hydrogens is 345 g/mol. The van der Waals surface area contributed by atoms with E-state index < -0.39 is 11.6 Å². The number of halogens is 1. The quantitative estimate of drug-likeness (QED) is 0.497. The molecule has 0 aliphatic rings. The minimum absolute atomic E-state index is 0.000783. The van der Waals surface area contributed by atoms with E-state index in [-0.39, 0.29) is 17.8 Å². The van der Waals surface area contributed by atoms with E-state index in [1.165, 1.54) is 28.0 Å². The first kappa shape index (κ1) is 17.2. The maximum Gasteiger partial charge on any atom is 0.269 e. The van der Waals surface area contributed by atoms with Crippen LogP contribution in [0, 0.1) is 10.1 Å². The van der Waals surface area contributed by atoms with E-state index in [4.69, 9.17) is 0 Å². The lowest BCUT2D eigenvalue weighted by atomic mass is 10.1. The van der Waals surface area contributed by atoms with E-state index in [1.807, 2.05) is 13.0 Å². The van der Waals surface area contributed by atoms with Crippen LogP contribution < -0.4 is 5.56 Å². The van der Waals surface area contributed by atoms with Crippen molar-refractivity contribution in [3.05, 3.63) is 67.1 Å². The summed E-state index contributed by atoms with van der Waals surface area (Å²) in [5.74, 6) is 0.466. The largest absolute Gasteiger partial charge is 0.293 e. The van der Waals surface area contributed by atoms with Crippen molar-refractivity contribution in [1.82, 2.24) is 9.55 Å². The molecule has 3 aromatic rings. The van der Waals surface area contributed by atoms with Crippen LogP contribution in [0.4, 0.5) is 10.1 Å². The molecule has 2 heterocycles. The van der Waals surface area contributed by atoms with Gasteiger partial charge in [0.2, 0.25) is 0 Å². The fourth-order valence-corrected chi connectivity index (χ4v) is 3.63. The molecule has 0 radical (unpaired) electrons. The highest BCUT2D eigenvalue weighted by Crippen LogP contribution is 2.23. The summed E-state index contributed by atoms with van der Waals surface area (Å²) in [5, 5.41) is 11.3. The first-order chi connectivity index (χ1) is 12.0. The summed E-state index contributed by atoms with van der Waals surface area (Å²) in [7, 11) is 0. The van der Waals surface area contributed by atoms with Crippen molar-refractivity contribution in [3.63, 3.8) is 0 Å². The molecule has 0 aliphatic carbocycles. The fourth-order valence-electron chi connectivity index (χ4n) is 2.65. The Kier molecular flexibility index (Phi) is 4.89. The molecule has 0 fully saturated rings. The topological polar surface area (TPSA) is 78.0 Å². The Balaban J connectivity index is 2.05. The molecule has 0 spiro atoms. The molecule has 2 aromatic heterocycles. The molecule has 6 nitrogen and oxygen atoms in total. The Hall–Kier alpha value is -2.61. The number of aromatic nitrogens is 2. The van der Waals surface area contributed by atoms with Gasteiger partial charge in [0.15, 0.2) is 0 Å². The number of nitrogens with zero attached hydrogens (tertiary/aromatic N) is 3.